The molecule has 2 heterocycles. The van der Waals surface area contributed by atoms with Gasteiger partial charge in [0.25, 0.3) is 5.91 Å². The Morgan fingerprint density at radius 1 is 1.00 bits per heavy atom. The quantitative estimate of drug-likeness (QED) is 0.830. The van der Waals surface area contributed by atoms with Crippen LogP contribution >= 0.6 is 0 Å². The molecule has 1 spiro atoms. The molecular weight excluding hydrogens is 326 g/mol. The molecule has 0 radical (unpaired) electrons. The predicted molar refractivity (Wildman–Crippen MR) is 102 cm³/mol. The van der Waals surface area contributed by atoms with Crippen molar-refractivity contribution in [2.24, 2.45) is 0 Å². The van der Waals surface area contributed by atoms with Crippen molar-refractivity contribution >= 4 is 23.2 Å². The first-order chi connectivity index (χ1) is 12.5. The zero-order chi connectivity index (χ0) is 18.3. The van der Waals surface area contributed by atoms with Crippen LogP contribution in [0, 0.1) is 13.8 Å². The largest absolute Gasteiger partial charge is 0.369 e. The highest BCUT2D eigenvalue weighted by Gasteiger charge is 2.45. The first-order valence-electron chi connectivity index (χ1n) is 9.03. The summed E-state index contributed by atoms with van der Waals surface area (Å²) < 4.78 is 0. The van der Waals surface area contributed by atoms with Gasteiger partial charge in [-0.3, -0.25) is 9.59 Å². The van der Waals surface area contributed by atoms with E-state index in [1.807, 2.05) is 55.1 Å². The summed E-state index contributed by atoms with van der Waals surface area (Å²) in [5.41, 5.74) is 4.04. The highest BCUT2D eigenvalue weighted by Crippen LogP contribution is 2.36. The van der Waals surface area contributed by atoms with Crippen LogP contribution in [-0.4, -0.2) is 35.3 Å². The number of piperidine rings is 1. The van der Waals surface area contributed by atoms with Crippen LogP contribution in [0.5, 0.6) is 0 Å². The van der Waals surface area contributed by atoms with Crippen molar-refractivity contribution in [1.82, 2.24) is 4.90 Å². The van der Waals surface area contributed by atoms with Crippen LogP contribution < -0.4 is 10.6 Å². The summed E-state index contributed by atoms with van der Waals surface area (Å²) >= 11 is 0. The number of para-hydroxylation sites is 2. The minimum atomic E-state index is -0.631. The highest BCUT2D eigenvalue weighted by molar-refractivity contribution is 6.06. The van der Waals surface area contributed by atoms with Crippen molar-refractivity contribution < 1.29 is 9.59 Å². The van der Waals surface area contributed by atoms with Gasteiger partial charge in [0.1, 0.15) is 5.54 Å². The summed E-state index contributed by atoms with van der Waals surface area (Å²) in [5, 5.41) is 6.44. The molecule has 0 saturated carbocycles. The molecule has 1 fully saturated rings. The summed E-state index contributed by atoms with van der Waals surface area (Å²) in [6.07, 6.45) is 1.20. The van der Waals surface area contributed by atoms with Gasteiger partial charge in [-0.05, 0) is 51.0 Å². The lowest BCUT2D eigenvalue weighted by molar-refractivity contribution is -0.122. The third kappa shape index (κ3) is 2.83. The highest BCUT2D eigenvalue weighted by atomic mass is 16.2. The van der Waals surface area contributed by atoms with Crippen LogP contribution in [0.25, 0.3) is 0 Å². The average molecular weight is 349 g/mol. The molecule has 26 heavy (non-hydrogen) atoms. The van der Waals surface area contributed by atoms with E-state index in [1.54, 1.807) is 0 Å². The van der Waals surface area contributed by atoms with E-state index in [2.05, 4.69) is 16.7 Å². The smallest absolute Gasteiger partial charge is 0.253 e. The lowest BCUT2D eigenvalue weighted by Crippen LogP contribution is -2.59. The number of hydrogen-bond acceptors (Lipinski definition) is 3. The molecule has 0 atom stereocenters. The Labute approximate surface area is 153 Å². The number of hydrogen-bond donors (Lipinski definition) is 2. The van der Waals surface area contributed by atoms with E-state index in [4.69, 9.17) is 0 Å². The molecule has 2 aromatic carbocycles. The third-order valence-electron chi connectivity index (χ3n) is 5.36. The van der Waals surface area contributed by atoms with Crippen molar-refractivity contribution in [1.29, 1.82) is 0 Å². The maximum absolute atomic E-state index is 12.9. The number of likely N-dealkylation sites (tertiary alicyclic amines) is 1. The van der Waals surface area contributed by atoms with Crippen molar-refractivity contribution in [2.45, 2.75) is 32.2 Å². The van der Waals surface area contributed by atoms with Gasteiger partial charge in [0.15, 0.2) is 0 Å². The molecule has 2 N–H and O–H groups in total. The molecule has 0 aliphatic carbocycles. The molecule has 134 valence electrons. The number of fused-ring (bicyclic) bond motifs is 1. The van der Waals surface area contributed by atoms with E-state index >= 15 is 0 Å². The van der Waals surface area contributed by atoms with Crippen LogP contribution in [0.1, 0.15) is 34.3 Å². The molecule has 2 aliphatic rings. The fourth-order valence-corrected chi connectivity index (χ4v) is 3.98. The SMILES string of the molecule is Cc1cc(C)cc(C(=O)N2CCC3(CC2)Nc2ccccc2NC3=O)c1. The molecule has 2 amide bonds. The van der Waals surface area contributed by atoms with Gasteiger partial charge in [-0.15, -0.1) is 0 Å². The second-order valence-electron chi connectivity index (χ2n) is 7.38. The zero-order valence-electron chi connectivity index (χ0n) is 15.1. The first kappa shape index (κ1) is 16.6. The minimum Gasteiger partial charge on any atom is -0.369 e. The molecule has 1 saturated heterocycles. The number of benzene rings is 2. The summed E-state index contributed by atoms with van der Waals surface area (Å²) in [5.74, 6) is 0.0398. The van der Waals surface area contributed by atoms with E-state index in [9.17, 15) is 9.59 Å². The fraction of sp³-hybridized carbons (Fsp3) is 0.333. The van der Waals surface area contributed by atoms with E-state index in [0.717, 1.165) is 28.1 Å². The molecule has 0 unspecified atom stereocenters. The van der Waals surface area contributed by atoms with E-state index in [1.165, 1.54) is 0 Å². The number of anilines is 2. The molecule has 0 bridgehead atoms. The van der Waals surface area contributed by atoms with Gasteiger partial charge in [-0.1, -0.05) is 29.3 Å². The maximum atomic E-state index is 12.9. The van der Waals surface area contributed by atoms with E-state index < -0.39 is 5.54 Å². The Hall–Kier alpha value is -2.82. The normalized spacial score (nSPS) is 18.1. The van der Waals surface area contributed by atoms with Crippen molar-refractivity contribution in [2.75, 3.05) is 23.7 Å². The lowest BCUT2D eigenvalue weighted by atomic mass is 9.84. The summed E-state index contributed by atoms with van der Waals surface area (Å²) in [6, 6.07) is 13.7. The number of nitrogens with one attached hydrogen (secondary N) is 2. The molecule has 2 aliphatic heterocycles. The summed E-state index contributed by atoms with van der Waals surface area (Å²) in [4.78, 5) is 27.4. The van der Waals surface area contributed by atoms with Gasteiger partial charge in [0.2, 0.25) is 5.91 Å². The monoisotopic (exact) mass is 349 g/mol. The number of amides is 2. The summed E-state index contributed by atoms with van der Waals surface area (Å²) in [6.45, 7) is 5.13. The van der Waals surface area contributed by atoms with Gasteiger partial charge in [-0.25, -0.2) is 0 Å². The molecule has 5 nitrogen and oxygen atoms in total. The topological polar surface area (TPSA) is 61.4 Å². The van der Waals surface area contributed by atoms with Crippen LogP contribution in [0.15, 0.2) is 42.5 Å². The molecule has 5 heteroatoms. The fourth-order valence-electron chi connectivity index (χ4n) is 3.98. The van der Waals surface area contributed by atoms with Crippen molar-refractivity contribution in [3.63, 3.8) is 0 Å². The Kier molecular flexibility index (Phi) is 3.94. The van der Waals surface area contributed by atoms with Gasteiger partial charge in [0.05, 0.1) is 11.4 Å². The van der Waals surface area contributed by atoms with Crippen LogP contribution in [0.2, 0.25) is 0 Å². The summed E-state index contributed by atoms with van der Waals surface area (Å²) in [7, 11) is 0. The maximum Gasteiger partial charge on any atom is 0.253 e. The molecule has 2 aromatic rings. The standard InChI is InChI=1S/C21H23N3O2/c1-14-11-15(2)13-16(12-14)19(25)24-9-7-21(8-10-24)20(26)22-17-5-3-4-6-18(17)23-21/h3-6,11-13,23H,7-10H2,1-2H3,(H,22,26). The molecule has 4 rings (SSSR count). The van der Waals surface area contributed by atoms with Crippen LogP contribution in [0.3, 0.4) is 0 Å². The first-order valence-corrected chi connectivity index (χ1v) is 9.03. The molecule has 0 aromatic heterocycles. The van der Waals surface area contributed by atoms with Gasteiger partial charge in [0, 0.05) is 18.7 Å². The van der Waals surface area contributed by atoms with Gasteiger partial charge in [-0.2, -0.15) is 0 Å². The number of carbonyl (C=O) groups excluding carboxylic acids is 2. The van der Waals surface area contributed by atoms with Crippen molar-refractivity contribution in [3.8, 4) is 0 Å². The van der Waals surface area contributed by atoms with Crippen molar-refractivity contribution in [3.05, 3.63) is 59.2 Å². The number of nitrogens with zero attached hydrogens (tertiary/aromatic N) is 1. The van der Waals surface area contributed by atoms with Gasteiger partial charge >= 0.3 is 0 Å². The van der Waals surface area contributed by atoms with E-state index in [0.29, 0.717) is 25.9 Å². The zero-order valence-corrected chi connectivity index (χ0v) is 15.1. The minimum absolute atomic E-state index is 0.00491. The Balaban J connectivity index is 1.50. The van der Waals surface area contributed by atoms with Crippen LogP contribution in [-0.2, 0) is 4.79 Å². The number of rotatable bonds is 1. The Bertz CT molecular complexity index is 862. The Morgan fingerprint density at radius 2 is 1.62 bits per heavy atom. The number of aryl methyl sites for hydroxylation is 2. The van der Waals surface area contributed by atoms with E-state index in [-0.39, 0.29) is 11.8 Å². The molecular formula is C21H23N3O2. The lowest BCUT2D eigenvalue weighted by Gasteiger charge is -2.44. The second kappa shape index (κ2) is 6.16. The Morgan fingerprint density at radius 3 is 2.27 bits per heavy atom. The predicted octanol–water partition coefficient (Wildman–Crippen LogP) is 3.34. The van der Waals surface area contributed by atoms with Gasteiger partial charge < -0.3 is 15.5 Å². The number of carbonyl (C=O) groups is 2. The second-order valence-corrected chi connectivity index (χ2v) is 7.38. The third-order valence-corrected chi connectivity index (χ3v) is 5.36. The van der Waals surface area contributed by atoms with Crippen LogP contribution in [0.4, 0.5) is 11.4 Å². The average Bonchev–Trinajstić information content (AvgIpc) is 2.62.